The summed E-state index contributed by atoms with van der Waals surface area (Å²) < 4.78 is 0. The topological polar surface area (TPSA) is 40.1 Å². The van der Waals surface area contributed by atoms with E-state index >= 15 is 0 Å². The minimum absolute atomic E-state index is 0.808. The molecule has 2 aliphatic heterocycles. The Morgan fingerprint density at radius 2 is 1.76 bits per heavy atom. The molecule has 5 heteroatoms. The Morgan fingerprint density at radius 1 is 1.05 bits per heavy atom. The highest BCUT2D eigenvalue weighted by Crippen LogP contribution is 2.38. The predicted molar refractivity (Wildman–Crippen MR) is 82.7 cm³/mol. The SMILES string of the molecule is Cc1cc(C)c(C2=NON3Nc4ccccc4N23)c(C)c1. The number of hydrazine groups is 2. The van der Waals surface area contributed by atoms with Crippen molar-refractivity contribution in [3.8, 4) is 0 Å². The van der Waals surface area contributed by atoms with E-state index in [0.29, 0.717) is 0 Å². The van der Waals surface area contributed by atoms with Crippen LogP contribution in [0.1, 0.15) is 22.3 Å². The van der Waals surface area contributed by atoms with Crippen molar-refractivity contribution in [3.63, 3.8) is 0 Å². The van der Waals surface area contributed by atoms with Gasteiger partial charge in [-0.25, -0.2) is 0 Å². The van der Waals surface area contributed by atoms with Crippen molar-refractivity contribution in [3.05, 3.63) is 58.7 Å². The highest BCUT2D eigenvalue weighted by Gasteiger charge is 2.39. The normalized spacial score (nSPS) is 16.1. The fourth-order valence-electron chi connectivity index (χ4n) is 3.06. The number of fused-ring (bicyclic) bond motifs is 3. The largest absolute Gasteiger partial charge is 0.263 e. The zero-order valence-electron chi connectivity index (χ0n) is 12.2. The smallest absolute Gasteiger partial charge is 0.201 e. The molecule has 2 aromatic rings. The van der Waals surface area contributed by atoms with Crippen LogP contribution >= 0.6 is 0 Å². The first-order valence-corrected chi connectivity index (χ1v) is 6.94. The van der Waals surface area contributed by atoms with E-state index in [1.807, 2.05) is 29.3 Å². The van der Waals surface area contributed by atoms with Gasteiger partial charge in [0.1, 0.15) is 0 Å². The van der Waals surface area contributed by atoms with Gasteiger partial charge in [-0.05, 0) is 49.2 Å². The molecule has 0 atom stereocenters. The first-order valence-electron chi connectivity index (χ1n) is 6.94. The predicted octanol–water partition coefficient (Wildman–Crippen LogP) is 3.28. The van der Waals surface area contributed by atoms with Crippen LogP contribution in [-0.2, 0) is 4.94 Å². The van der Waals surface area contributed by atoms with Gasteiger partial charge in [-0.15, -0.1) is 0 Å². The van der Waals surface area contributed by atoms with Gasteiger partial charge in [0.05, 0.1) is 16.7 Å². The van der Waals surface area contributed by atoms with Crippen LogP contribution in [0.25, 0.3) is 0 Å². The molecular formula is C16H16N4O. The van der Waals surface area contributed by atoms with Gasteiger partial charge in [-0.1, -0.05) is 29.8 Å². The van der Waals surface area contributed by atoms with Gasteiger partial charge in [0, 0.05) is 5.56 Å². The average molecular weight is 280 g/mol. The molecule has 0 aliphatic carbocycles. The number of nitrogens with zero attached hydrogens (tertiary/aromatic N) is 3. The number of rotatable bonds is 1. The molecule has 2 aliphatic rings. The lowest BCUT2D eigenvalue weighted by Crippen LogP contribution is -2.39. The number of nitrogens with one attached hydrogen (secondary N) is 1. The second-order valence-electron chi connectivity index (χ2n) is 5.48. The molecule has 2 heterocycles. The molecule has 4 rings (SSSR count). The molecular weight excluding hydrogens is 264 g/mol. The van der Waals surface area contributed by atoms with Crippen LogP contribution in [0.2, 0.25) is 0 Å². The quantitative estimate of drug-likeness (QED) is 0.870. The van der Waals surface area contributed by atoms with E-state index in [1.54, 1.807) is 5.28 Å². The number of benzene rings is 2. The maximum absolute atomic E-state index is 5.40. The van der Waals surface area contributed by atoms with Gasteiger partial charge < -0.3 is 0 Å². The lowest BCUT2D eigenvalue weighted by atomic mass is 9.98. The molecule has 0 aromatic heterocycles. The van der Waals surface area contributed by atoms with Crippen LogP contribution in [0.15, 0.2) is 41.6 Å². The number of aryl methyl sites for hydroxylation is 3. The molecule has 0 bridgehead atoms. The van der Waals surface area contributed by atoms with Crippen LogP contribution in [0.3, 0.4) is 0 Å². The molecule has 0 unspecified atom stereocenters. The number of oxime groups is 1. The van der Waals surface area contributed by atoms with Gasteiger partial charge in [0.25, 0.3) is 0 Å². The third-order valence-electron chi connectivity index (χ3n) is 3.84. The van der Waals surface area contributed by atoms with E-state index in [-0.39, 0.29) is 0 Å². The Hall–Kier alpha value is -2.53. The van der Waals surface area contributed by atoms with E-state index < -0.39 is 0 Å². The maximum Gasteiger partial charge on any atom is 0.201 e. The van der Waals surface area contributed by atoms with E-state index in [1.165, 1.54) is 16.7 Å². The molecule has 2 aromatic carbocycles. The van der Waals surface area contributed by atoms with Crippen molar-refractivity contribution >= 4 is 17.2 Å². The zero-order chi connectivity index (χ0) is 14.6. The molecule has 1 N–H and O–H groups in total. The molecule has 21 heavy (non-hydrogen) atoms. The minimum atomic E-state index is 0.808. The van der Waals surface area contributed by atoms with Crippen molar-refractivity contribution in [1.82, 2.24) is 5.28 Å². The standard InChI is InChI=1S/C16H16N4O/c1-10-8-11(2)15(12(3)9-10)16-18-21-20-17-13-6-4-5-7-14(13)19(16)20/h4-9,17H,1-3H3. The van der Waals surface area contributed by atoms with E-state index in [9.17, 15) is 0 Å². The van der Waals surface area contributed by atoms with Crippen molar-refractivity contribution in [2.24, 2.45) is 5.16 Å². The minimum Gasteiger partial charge on any atom is -0.263 e. The number of hydrogen-bond donors (Lipinski definition) is 1. The van der Waals surface area contributed by atoms with Crippen LogP contribution in [0.4, 0.5) is 11.4 Å². The van der Waals surface area contributed by atoms with Crippen LogP contribution in [0.5, 0.6) is 0 Å². The maximum atomic E-state index is 5.40. The first kappa shape index (κ1) is 12.2. The van der Waals surface area contributed by atoms with Crippen molar-refractivity contribution < 1.29 is 4.94 Å². The second kappa shape index (κ2) is 4.23. The molecule has 5 nitrogen and oxygen atoms in total. The van der Waals surface area contributed by atoms with Crippen molar-refractivity contribution in [1.29, 1.82) is 0 Å². The van der Waals surface area contributed by atoms with E-state index in [0.717, 1.165) is 22.8 Å². The number of amidine groups is 1. The fraction of sp³-hybridized carbons (Fsp3) is 0.188. The first-order chi connectivity index (χ1) is 10.1. The highest BCUT2D eigenvalue weighted by atomic mass is 16.9. The molecule has 0 spiro atoms. The molecule has 0 saturated heterocycles. The molecule has 0 amide bonds. The van der Waals surface area contributed by atoms with Gasteiger partial charge in [0.15, 0.2) is 0 Å². The number of hydrogen-bond acceptors (Lipinski definition) is 5. The highest BCUT2D eigenvalue weighted by molar-refractivity contribution is 6.13. The summed E-state index contributed by atoms with van der Waals surface area (Å²) in [5, 5.41) is 7.76. The van der Waals surface area contributed by atoms with Gasteiger partial charge in [0.2, 0.25) is 5.84 Å². The summed E-state index contributed by atoms with van der Waals surface area (Å²) in [5.74, 6) is 0.808. The molecule has 0 saturated carbocycles. The Labute approximate surface area is 123 Å². The molecule has 0 fully saturated rings. The summed E-state index contributed by atoms with van der Waals surface area (Å²) in [7, 11) is 0. The Balaban J connectivity index is 1.85. The summed E-state index contributed by atoms with van der Waals surface area (Å²) in [6, 6.07) is 12.4. The third-order valence-corrected chi connectivity index (χ3v) is 3.84. The number of anilines is 2. The zero-order valence-corrected chi connectivity index (χ0v) is 12.2. The summed E-state index contributed by atoms with van der Waals surface area (Å²) in [4.78, 5) is 5.40. The summed E-state index contributed by atoms with van der Waals surface area (Å²) in [6.45, 7) is 6.32. The Kier molecular flexibility index (Phi) is 2.46. The van der Waals surface area contributed by atoms with E-state index in [2.05, 4.69) is 43.5 Å². The van der Waals surface area contributed by atoms with Crippen LogP contribution in [0, 0.1) is 20.8 Å². The second-order valence-corrected chi connectivity index (χ2v) is 5.48. The monoisotopic (exact) mass is 280 g/mol. The molecule has 106 valence electrons. The number of para-hydroxylation sites is 2. The lowest BCUT2D eigenvalue weighted by Gasteiger charge is -2.19. The summed E-state index contributed by atoms with van der Waals surface area (Å²) in [6.07, 6.45) is 0. The van der Waals surface area contributed by atoms with E-state index in [4.69, 9.17) is 4.94 Å². The van der Waals surface area contributed by atoms with Gasteiger partial charge in [-0.3, -0.25) is 10.4 Å². The van der Waals surface area contributed by atoms with Crippen LogP contribution in [-0.4, -0.2) is 11.1 Å². The third kappa shape index (κ3) is 1.71. The van der Waals surface area contributed by atoms with Crippen molar-refractivity contribution in [2.75, 3.05) is 10.4 Å². The Bertz CT molecular complexity index is 746. The molecule has 0 radical (unpaired) electrons. The fourth-order valence-corrected chi connectivity index (χ4v) is 3.06. The summed E-state index contributed by atoms with van der Waals surface area (Å²) >= 11 is 0. The summed E-state index contributed by atoms with van der Waals surface area (Å²) in [5.41, 5.74) is 9.97. The van der Waals surface area contributed by atoms with Gasteiger partial charge >= 0.3 is 0 Å². The van der Waals surface area contributed by atoms with Crippen molar-refractivity contribution in [2.45, 2.75) is 20.8 Å². The average Bonchev–Trinajstić information content (AvgIpc) is 2.97. The lowest BCUT2D eigenvalue weighted by molar-refractivity contribution is -0.113. The van der Waals surface area contributed by atoms with Gasteiger partial charge in [-0.2, -0.15) is 5.01 Å². The van der Waals surface area contributed by atoms with Crippen LogP contribution < -0.4 is 10.4 Å². The Morgan fingerprint density at radius 3 is 2.52 bits per heavy atom.